The van der Waals surface area contributed by atoms with Crippen molar-refractivity contribution in [2.24, 2.45) is 0 Å². The Morgan fingerprint density at radius 3 is 3.00 bits per heavy atom. The zero-order valence-electron chi connectivity index (χ0n) is 9.01. The van der Waals surface area contributed by atoms with Crippen LogP contribution in [0.3, 0.4) is 0 Å². The van der Waals surface area contributed by atoms with Gasteiger partial charge in [0.2, 0.25) is 0 Å². The van der Waals surface area contributed by atoms with Crippen LogP contribution in [0, 0.1) is 0 Å². The van der Waals surface area contributed by atoms with Crippen LogP contribution in [0.5, 0.6) is 0 Å². The molecule has 0 aliphatic heterocycles. The first-order chi connectivity index (χ1) is 7.72. The maximum absolute atomic E-state index is 9.89. The number of imidazole rings is 1. The summed E-state index contributed by atoms with van der Waals surface area (Å²) in [6.07, 6.45) is -0.101. The molecular weight excluding hydrogens is 206 g/mol. The second kappa shape index (κ2) is 4.61. The van der Waals surface area contributed by atoms with E-state index in [1.165, 1.54) is 0 Å². The number of hydrogen-bond acceptors (Lipinski definition) is 4. The minimum Gasteiger partial charge on any atom is -0.389 e. The van der Waals surface area contributed by atoms with Crippen LogP contribution in [-0.2, 0) is 0 Å². The maximum atomic E-state index is 9.89. The normalized spacial score (nSPS) is 15.2. The van der Waals surface area contributed by atoms with Crippen molar-refractivity contribution in [2.45, 2.75) is 12.2 Å². The summed E-state index contributed by atoms with van der Waals surface area (Å²) >= 11 is 0. The Kier molecular flexibility index (Phi) is 3.19. The third-order valence-corrected chi connectivity index (χ3v) is 2.56. The molecule has 1 aromatic carbocycles. The van der Waals surface area contributed by atoms with Crippen LogP contribution in [-0.4, -0.2) is 39.9 Å². The number of aromatic nitrogens is 2. The smallest absolute Gasteiger partial charge is 0.106 e. The van der Waals surface area contributed by atoms with Gasteiger partial charge in [0, 0.05) is 6.54 Å². The molecule has 5 heteroatoms. The molecule has 5 nitrogen and oxygen atoms in total. The summed E-state index contributed by atoms with van der Waals surface area (Å²) in [5.41, 5.74) is 2.38. The Morgan fingerprint density at radius 2 is 2.25 bits per heavy atom. The molecule has 0 bridgehead atoms. The summed E-state index contributed by atoms with van der Waals surface area (Å²) in [6.45, 7) is 0.349. The van der Waals surface area contributed by atoms with Gasteiger partial charge in [0.05, 0.1) is 23.5 Å². The van der Waals surface area contributed by atoms with Crippen LogP contribution >= 0.6 is 0 Å². The molecule has 0 aliphatic carbocycles. The first-order valence-corrected chi connectivity index (χ1v) is 5.16. The van der Waals surface area contributed by atoms with Gasteiger partial charge in [-0.3, -0.25) is 0 Å². The third-order valence-electron chi connectivity index (χ3n) is 2.56. The third kappa shape index (κ3) is 2.06. The van der Waals surface area contributed by atoms with Crippen LogP contribution in [0.1, 0.15) is 11.7 Å². The number of fused-ring (bicyclic) bond motifs is 1. The lowest BCUT2D eigenvalue weighted by Gasteiger charge is -2.17. The molecule has 0 radical (unpaired) electrons. The van der Waals surface area contributed by atoms with Crippen molar-refractivity contribution < 1.29 is 10.2 Å². The van der Waals surface area contributed by atoms with E-state index in [1.807, 2.05) is 6.07 Å². The van der Waals surface area contributed by atoms with Gasteiger partial charge < -0.3 is 20.5 Å². The summed E-state index contributed by atoms with van der Waals surface area (Å²) in [7, 11) is 1.73. The quantitative estimate of drug-likeness (QED) is 0.593. The zero-order chi connectivity index (χ0) is 11.5. The van der Waals surface area contributed by atoms with Crippen molar-refractivity contribution in [2.75, 3.05) is 13.6 Å². The summed E-state index contributed by atoms with van der Waals surface area (Å²) in [5, 5.41) is 22.4. The van der Waals surface area contributed by atoms with Gasteiger partial charge in [-0.25, -0.2) is 4.98 Å². The van der Waals surface area contributed by atoms with E-state index in [0.717, 1.165) is 11.0 Å². The molecule has 4 N–H and O–H groups in total. The molecule has 0 aliphatic rings. The Bertz CT molecular complexity index is 469. The number of benzene rings is 1. The first kappa shape index (κ1) is 11.1. The first-order valence-electron chi connectivity index (χ1n) is 5.16. The number of hydrogen-bond donors (Lipinski definition) is 4. The van der Waals surface area contributed by atoms with E-state index >= 15 is 0 Å². The summed E-state index contributed by atoms with van der Waals surface area (Å²) in [5.74, 6) is 0. The van der Waals surface area contributed by atoms with Crippen LogP contribution in [0.2, 0.25) is 0 Å². The average molecular weight is 221 g/mol. The van der Waals surface area contributed by atoms with Crippen LogP contribution in [0.4, 0.5) is 0 Å². The largest absolute Gasteiger partial charge is 0.389 e. The molecule has 1 heterocycles. The van der Waals surface area contributed by atoms with Gasteiger partial charge in [0.15, 0.2) is 0 Å². The summed E-state index contributed by atoms with van der Waals surface area (Å²) < 4.78 is 0. The standard InChI is InChI=1S/C11H15N3O2/c1-12-5-10(15)11(16)7-2-3-8-9(4-7)14-6-13-8/h2-4,6,10-12,15-16H,5H2,1H3,(H,13,14). The molecule has 0 spiro atoms. The van der Waals surface area contributed by atoms with Gasteiger partial charge in [-0.2, -0.15) is 0 Å². The topological polar surface area (TPSA) is 81.2 Å². The van der Waals surface area contributed by atoms with E-state index in [9.17, 15) is 10.2 Å². The molecule has 2 unspecified atom stereocenters. The number of nitrogens with zero attached hydrogens (tertiary/aromatic N) is 1. The number of aromatic amines is 1. The lowest BCUT2D eigenvalue weighted by Crippen LogP contribution is -2.29. The fourth-order valence-electron chi connectivity index (χ4n) is 1.68. The molecule has 1 aromatic heterocycles. The SMILES string of the molecule is CNCC(O)C(O)c1ccc2nc[nH]c2c1. The number of aliphatic hydroxyl groups is 2. The molecule has 2 aromatic rings. The lowest BCUT2D eigenvalue weighted by molar-refractivity contribution is 0.0203. The predicted molar refractivity (Wildman–Crippen MR) is 61.0 cm³/mol. The van der Waals surface area contributed by atoms with Crippen molar-refractivity contribution in [1.82, 2.24) is 15.3 Å². The minimum absolute atomic E-state index is 0.349. The van der Waals surface area contributed by atoms with E-state index in [2.05, 4.69) is 15.3 Å². The van der Waals surface area contributed by atoms with Gasteiger partial charge in [0.1, 0.15) is 6.10 Å². The van der Waals surface area contributed by atoms with Gasteiger partial charge in [-0.1, -0.05) is 6.07 Å². The number of H-pyrrole nitrogens is 1. The molecule has 0 amide bonds. The summed E-state index contributed by atoms with van der Waals surface area (Å²) in [4.78, 5) is 7.05. The molecule has 0 fully saturated rings. The average Bonchev–Trinajstić information content (AvgIpc) is 2.75. The highest BCUT2D eigenvalue weighted by atomic mass is 16.3. The predicted octanol–water partition coefficient (Wildman–Crippen LogP) is 0.177. The lowest BCUT2D eigenvalue weighted by atomic mass is 10.0. The Labute approximate surface area is 93.1 Å². The van der Waals surface area contributed by atoms with Crippen LogP contribution in [0.15, 0.2) is 24.5 Å². The summed E-state index contributed by atoms with van der Waals surface area (Å²) in [6, 6.07) is 5.38. The van der Waals surface area contributed by atoms with Crippen molar-refractivity contribution in [3.63, 3.8) is 0 Å². The zero-order valence-corrected chi connectivity index (χ0v) is 9.01. The Hall–Kier alpha value is -1.43. The van der Waals surface area contributed by atoms with Gasteiger partial charge in [-0.05, 0) is 24.7 Å². The van der Waals surface area contributed by atoms with Gasteiger partial charge >= 0.3 is 0 Å². The van der Waals surface area contributed by atoms with Crippen LogP contribution in [0.25, 0.3) is 11.0 Å². The Balaban J connectivity index is 2.24. The fraction of sp³-hybridized carbons (Fsp3) is 0.364. The molecular formula is C11H15N3O2. The van der Waals surface area contributed by atoms with Gasteiger partial charge in [-0.15, -0.1) is 0 Å². The number of likely N-dealkylation sites (N-methyl/N-ethyl adjacent to an activating group) is 1. The molecule has 2 rings (SSSR count). The monoisotopic (exact) mass is 221 g/mol. The maximum Gasteiger partial charge on any atom is 0.106 e. The number of aliphatic hydroxyl groups excluding tert-OH is 2. The van der Waals surface area contributed by atoms with E-state index in [-0.39, 0.29) is 0 Å². The van der Waals surface area contributed by atoms with Crippen molar-refractivity contribution in [3.8, 4) is 0 Å². The highest BCUT2D eigenvalue weighted by Crippen LogP contribution is 2.20. The number of rotatable bonds is 4. The molecule has 86 valence electrons. The second-order valence-electron chi connectivity index (χ2n) is 3.75. The molecule has 16 heavy (non-hydrogen) atoms. The van der Waals surface area contributed by atoms with E-state index in [0.29, 0.717) is 12.1 Å². The van der Waals surface area contributed by atoms with Gasteiger partial charge in [0.25, 0.3) is 0 Å². The van der Waals surface area contributed by atoms with Crippen molar-refractivity contribution >= 4 is 11.0 Å². The van der Waals surface area contributed by atoms with Crippen LogP contribution < -0.4 is 5.32 Å². The van der Waals surface area contributed by atoms with E-state index in [1.54, 1.807) is 25.5 Å². The van der Waals surface area contributed by atoms with E-state index in [4.69, 9.17) is 0 Å². The van der Waals surface area contributed by atoms with Crippen molar-refractivity contribution in [1.29, 1.82) is 0 Å². The van der Waals surface area contributed by atoms with Crippen molar-refractivity contribution in [3.05, 3.63) is 30.1 Å². The molecule has 0 saturated carbocycles. The Morgan fingerprint density at radius 1 is 1.44 bits per heavy atom. The highest BCUT2D eigenvalue weighted by molar-refractivity contribution is 5.75. The molecule has 0 saturated heterocycles. The fourth-order valence-corrected chi connectivity index (χ4v) is 1.68. The number of nitrogens with one attached hydrogen (secondary N) is 2. The highest BCUT2D eigenvalue weighted by Gasteiger charge is 2.17. The van der Waals surface area contributed by atoms with E-state index < -0.39 is 12.2 Å². The minimum atomic E-state index is -0.889. The second-order valence-corrected chi connectivity index (χ2v) is 3.75. The molecule has 2 atom stereocenters.